The number of rotatable bonds is 2. The molecule has 2 heterocycles. The minimum atomic E-state index is -0.183. The smallest absolute Gasteiger partial charge is 0.310 e. The number of hydrogen-bond acceptors (Lipinski definition) is 6. The number of methoxy groups -OCH3 is 1. The normalized spacial score (nSPS) is 21.7. The van der Waals surface area contributed by atoms with E-state index in [0.717, 1.165) is 17.6 Å². The Morgan fingerprint density at radius 2 is 1.95 bits per heavy atom. The van der Waals surface area contributed by atoms with Crippen molar-refractivity contribution in [1.82, 2.24) is 9.97 Å². The molecule has 21 heavy (non-hydrogen) atoms. The number of esters is 1. The Morgan fingerprint density at radius 1 is 1.29 bits per heavy atom. The van der Waals surface area contributed by atoms with Gasteiger partial charge in [0, 0.05) is 13.1 Å². The zero-order chi connectivity index (χ0) is 15.0. The number of nitrogen functional groups attached to an aromatic ring is 1. The van der Waals surface area contributed by atoms with E-state index in [0.29, 0.717) is 18.2 Å². The van der Waals surface area contributed by atoms with Gasteiger partial charge in [-0.3, -0.25) is 4.79 Å². The Kier molecular flexibility index (Phi) is 3.37. The van der Waals surface area contributed by atoms with E-state index < -0.39 is 0 Å². The summed E-state index contributed by atoms with van der Waals surface area (Å²) < 4.78 is 4.86. The van der Waals surface area contributed by atoms with Crippen LogP contribution in [0.5, 0.6) is 0 Å². The van der Waals surface area contributed by atoms with Crippen molar-refractivity contribution >= 4 is 28.6 Å². The van der Waals surface area contributed by atoms with Crippen LogP contribution in [0.1, 0.15) is 6.92 Å². The van der Waals surface area contributed by atoms with Gasteiger partial charge in [0.15, 0.2) is 11.6 Å². The first-order valence-electron chi connectivity index (χ1n) is 6.95. The first kappa shape index (κ1) is 13.6. The second-order valence-electron chi connectivity index (χ2n) is 5.43. The zero-order valence-electron chi connectivity index (χ0n) is 12.1. The Labute approximate surface area is 122 Å². The molecule has 6 heteroatoms. The molecule has 2 aromatic rings. The number of carbonyl (C=O) groups excluding carboxylic acids is 1. The summed E-state index contributed by atoms with van der Waals surface area (Å²) in [6.45, 7) is 3.31. The molecule has 1 fully saturated rings. The number of fused-ring (bicyclic) bond motifs is 1. The average Bonchev–Trinajstić information content (AvgIpc) is 2.87. The van der Waals surface area contributed by atoms with Crippen LogP contribution in [0.3, 0.4) is 0 Å². The Morgan fingerprint density at radius 3 is 2.62 bits per heavy atom. The molecule has 1 aliphatic heterocycles. The van der Waals surface area contributed by atoms with Gasteiger partial charge in [-0.25, -0.2) is 9.97 Å². The van der Waals surface area contributed by atoms with E-state index >= 15 is 0 Å². The number of ether oxygens (including phenoxy) is 1. The van der Waals surface area contributed by atoms with Crippen LogP contribution in [0.25, 0.3) is 11.0 Å². The molecule has 0 radical (unpaired) electrons. The number of anilines is 2. The van der Waals surface area contributed by atoms with Crippen molar-refractivity contribution in [2.45, 2.75) is 6.92 Å². The molecule has 0 saturated carbocycles. The molecule has 2 atom stereocenters. The van der Waals surface area contributed by atoms with Crippen LogP contribution in [0, 0.1) is 11.8 Å². The zero-order valence-corrected chi connectivity index (χ0v) is 12.1. The van der Waals surface area contributed by atoms with Crippen LogP contribution in [0.4, 0.5) is 11.6 Å². The van der Waals surface area contributed by atoms with Gasteiger partial charge in [0.05, 0.1) is 24.1 Å². The van der Waals surface area contributed by atoms with Crippen molar-refractivity contribution in [3.8, 4) is 0 Å². The largest absolute Gasteiger partial charge is 0.469 e. The highest BCUT2D eigenvalue weighted by molar-refractivity contribution is 5.80. The van der Waals surface area contributed by atoms with Crippen LogP contribution in [-0.2, 0) is 9.53 Å². The highest BCUT2D eigenvalue weighted by atomic mass is 16.5. The summed E-state index contributed by atoms with van der Waals surface area (Å²) in [7, 11) is 1.42. The summed E-state index contributed by atoms with van der Waals surface area (Å²) in [4.78, 5) is 22.8. The van der Waals surface area contributed by atoms with E-state index in [1.807, 2.05) is 36.1 Å². The lowest BCUT2D eigenvalue weighted by atomic mass is 9.99. The summed E-state index contributed by atoms with van der Waals surface area (Å²) >= 11 is 0. The molecule has 2 unspecified atom stereocenters. The molecular formula is C15H18N4O2. The van der Waals surface area contributed by atoms with Gasteiger partial charge in [-0.2, -0.15) is 0 Å². The monoisotopic (exact) mass is 286 g/mol. The van der Waals surface area contributed by atoms with Crippen molar-refractivity contribution in [3.05, 3.63) is 24.3 Å². The first-order valence-corrected chi connectivity index (χ1v) is 6.95. The van der Waals surface area contributed by atoms with E-state index in [9.17, 15) is 4.79 Å². The van der Waals surface area contributed by atoms with Crippen LogP contribution in [0.15, 0.2) is 24.3 Å². The highest BCUT2D eigenvalue weighted by Gasteiger charge is 2.37. The van der Waals surface area contributed by atoms with Gasteiger partial charge in [-0.1, -0.05) is 19.1 Å². The van der Waals surface area contributed by atoms with Gasteiger partial charge >= 0.3 is 5.97 Å². The molecule has 1 saturated heterocycles. The molecule has 0 spiro atoms. The number of hydrogen-bond donors (Lipinski definition) is 1. The standard InChI is InChI=1S/C15H18N4O2/c1-9-7-19(8-10(9)15(20)21-2)14-13(16)17-11-5-3-4-6-12(11)18-14/h3-6,9-10H,7-8H2,1-2H3,(H2,16,17). The highest BCUT2D eigenvalue weighted by Crippen LogP contribution is 2.31. The lowest BCUT2D eigenvalue weighted by Gasteiger charge is -2.18. The average molecular weight is 286 g/mol. The van der Waals surface area contributed by atoms with E-state index in [-0.39, 0.29) is 17.8 Å². The first-order chi connectivity index (χ1) is 10.1. The van der Waals surface area contributed by atoms with Crippen LogP contribution in [-0.4, -0.2) is 36.1 Å². The third-order valence-electron chi connectivity index (χ3n) is 3.99. The molecule has 1 aliphatic rings. The fourth-order valence-corrected chi connectivity index (χ4v) is 2.84. The summed E-state index contributed by atoms with van der Waals surface area (Å²) in [6, 6.07) is 7.61. The maximum atomic E-state index is 11.8. The van der Waals surface area contributed by atoms with Crippen molar-refractivity contribution in [2.24, 2.45) is 11.8 Å². The summed E-state index contributed by atoms with van der Waals surface area (Å²) in [5, 5.41) is 0. The SMILES string of the molecule is COC(=O)C1CN(c2nc3ccccc3nc2N)CC1C. The van der Waals surface area contributed by atoms with E-state index in [2.05, 4.69) is 9.97 Å². The van der Waals surface area contributed by atoms with Gasteiger partial charge < -0.3 is 15.4 Å². The van der Waals surface area contributed by atoms with E-state index in [1.165, 1.54) is 7.11 Å². The maximum absolute atomic E-state index is 11.8. The van der Waals surface area contributed by atoms with Gasteiger partial charge in [0.2, 0.25) is 0 Å². The van der Waals surface area contributed by atoms with Crippen molar-refractivity contribution in [3.63, 3.8) is 0 Å². The molecule has 2 N–H and O–H groups in total. The third kappa shape index (κ3) is 2.37. The van der Waals surface area contributed by atoms with Gasteiger partial charge in [-0.15, -0.1) is 0 Å². The maximum Gasteiger partial charge on any atom is 0.310 e. The number of carbonyl (C=O) groups is 1. The second kappa shape index (κ2) is 5.20. The minimum Gasteiger partial charge on any atom is -0.469 e. The van der Waals surface area contributed by atoms with E-state index in [1.54, 1.807) is 0 Å². The number of nitrogens with zero attached hydrogens (tertiary/aromatic N) is 3. The summed E-state index contributed by atoms with van der Waals surface area (Å²) in [6.07, 6.45) is 0. The van der Waals surface area contributed by atoms with Crippen molar-refractivity contribution < 1.29 is 9.53 Å². The lowest BCUT2D eigenvalue weighted by molar-refractivity contribution is -0.145. The number of aromatic nitrogens is 2. The topological polar surface area (TPSA) is 81.3 Å². The molecule has 6 nitrogen and oxygen atoms in total. The molecule has 3 rings (SSSR count). The Bertz CT molecular complexity index is 688. The molecule has 1 aromatic carbocycles. The molecule has 0 amide bonds. The summed E-state index contributed by atoms with van der Waals surface area (Å²) in [5.41, 5.74) is 7.61. The van der Waals surface area contributed by atoms with Crippen LogP contribution < -0.4 is 10.6 Å². The van der Waals surface area contributed by atoms with Gasteiger partial charge in [-0.05, 0) is 18.1 Å². The number of nitrogens with two attached hydrogens (primary N) is 1. The predicted octanol–water partition coefficient (Wildman–Crippen LogP) is 1.46. The molecule has 0 aliphatic carbocycles. The van der Waals surface area contributed by atoms with Crippen LogP contribution in [0.2, 0.25) is 0 Å². The molecule has 110 valence electrons. The number of benzene rings is 1. The predicted molar refractivity (Wildman–Crippen MR) is 80.8 cm³/mol. The molecule has 1 aromatic heterocycles. The Balaban J connectivity index is 1.94. The van der Waals surface area contributed by atoms with Crippen molar-refractivity contribution in [2.75, 3.05) is 30.8 Å². The van der Waals surface area contributed by atoms with E-state index in [4.69, 9.17) is 10.5 Å². The Hall–Kier alpha value is -2.37. The van der Waals surface area contributed by atoms with Crippen LogP contribution >= 0.6 is 0 Å². The fraction of sp³-hybridized carbons (Fsp3) is 0.400. The second-order valence-corrected chi connectivity index (χ2v) is 5.43. The van der Waals surface area contributed by atoms with Crippen molar-refractivity contribution in [1.29, 1.82) is 0 Å². The fourth-order valence-electron chi connectivity index (χ4n) is 2.84. The number of para-hydroxylation sites is 2. The minimum absolute atomic E-state index is 0.150. The molecular weight excluding hydrogens is 268 g/mol. The third-order valence-corrected chi connectivity index (χ3v) is 3.99. The van der Waals surface area contributed by atoms with Gasteiger partial charge in [0.1, 0.15) is 0 Å². The quantitative estimate of drug-likeness (QED) is 0.842. The molecule has 0 bridgehead atoms. The summed E-state index contributed by atoms with van der Waals surface area (Å²) in [5.74, 6) is 0.906. The van der Waals surface area contributed by atoms with Gasteiger partial charge in [0.25, 0.3) is 0 Å². The lowest BCUT2D eigenvalue weighted by Crippen LogP contribution is -2.25.